The van der Waals surface area contributed by atoms with Gasteiger partial charge in [-0.1, -0.05) is 36.8 Å². The third kappa shape index (κ3) is 4.59. The second-order valence-electron chi connectivity index (χ2n) is 9.05. The molecule has 1 saturated heterocycles. The summed E-state index contributed by atoms with van der Waals surface area (Å²) < 4.78 is 4.84. The number of hydrogen-bond acceptors (Lipinski definition) is 4. The number of amides is 1. The summed E-state index contributed by atoms with van der Waals surface area (Å²) in [4.78, 5) is 19.8. The van der Waals surface area contributed by atoms with Crippen LogP contribution in [0.1, 0.15) is 30.4 Å². The topological polar surface area (TPSA) is 36.0 Å². The number of halogens is 1. The van der Waals surface area contributed by atoms with Crippen LogP contribution in [0.3, 0.4) is 0 Å². The lowest BCUT2D eigenvalue weighted by Gasteiger charge is -2.43. The third-order valence-electron chi connectivity index (χ3n) is 7.17. The molecule has 1 amide bonds. The predicted molar refractivity (Wildman–Crippen MR) is 123 cm³/mol. The first kappa shape index (κ1) is 20.8. The number of piperazine rings is 1. The van der Waals surface area contributed by atoms with Crippen LogP contribution >= 0.6 is 11.9 Å². The van der Waals surface area contributed by atoms with Gasteiger partial charge in [-0.05, 0) is 53.6 Å². The first-order chi connectivity index (χ1) is 15.2. The Morgan fingerprint density at radius 2 is 1.77 bits per heavy atom. The second kappa shape index (κ2) is 9.19. The van der Waals surface area contributed by atoms with Gasteiger partial charge in [0.05, 0.1) is 6.54 Å². The van der Waals surface area contributed by atoms with Crippen molar-refractivity contribution in [2.75, 3.05) is 39.3 Å². The highest BCUT2D eigenvalue weighted by Crippen LogP contribution is 2.29. The average Bonchev–Trinajstić information content (AvgIpc) is 2.78. The summed E-state index contributed by atoms with van der Waals surface area (Å²) in [5.74, 6) is 0.932. The van der Waals surface area contributed by atoms with Crippen LogP contribution < -0.4 is 4.29 Å². The fourth-order valence-corrected chi connectivity index (χ4v) is 5.13. The van der Waals surface area contributed by atoms with Crippen LogP contribution in [0, 0.1) is 0 Å². The van der Waals surface area contributed by atoms with Crippen molar-refractivity contribution >= 4 is 17.8 Å². The maximum absolute atomic E-state index is 12.9. The number of hydrogen-bond donors (Lipinski definition) is 0. The lowest BCUT2D eigenvalue weighted by Crippen LogP contribution is -2.55. The number of benzene rings is 2. The smallest absolute Gasteiger partial charge is 0.236 e. The molecule has 1 saturated carbocycles. The Morgan fingerprint density at radius 1 is 0.968 bits per heavy atom. The molecule has 2 aromatic rings. The minimum atomic E-state index is 0.284. The molecule has 2 fully saturated rings. The van der Waals surface area contributed by atoms with Gasteiger partial charge in [-0.25, -0.2) is 0 Å². The predicted octanol–water partition coefficient (Wildman–Crippen LogP) is 3.94. The summed E-state index contributed by atoms with van der Waals surface area (Å²) in [6.45, 7) is 6.14. The summed E-state index contributed by atoms with van der Waals surface area (Å²) in [6.07, 6.45) is 5.02. The van der Waals surface area contributed by atoms with Crippen molar-refractivity contribution in [2.45, 2.75) is 38.3 Å². The van der Waals surface area contributed by atoms with Crippen molar-refractivity contribution < 1.29 is 9.08 Å². The Balaban J connectivity index is 1.17. The molecule has 0 atom stereocenters. The van der Waals surface area contributed by atoms with E-state index in [1.165, 1.54) is 36.0 Å². The molecule has 31 heavy (non-hydrogen) atoms. The molecule has 1 aliphatic carbocycles. The van der Waals surface area contributed by atoms with E-state index in [9.17, 15) is 4.79 Å². The van der Waals surface area contributed by atoms with Gasteiger partial charge < -0.3 is 9.19 Å². The summed E-state index contributed by atoms with van der Waals surface area (Å²) in [5, 5.41) is 0. The molecule has 2 aromatic carbocycles. The summed E-state index contributed by atoms with van der Waals surface area (Å²) in [7, 11) is 0. The maximum atomic E-state index is 12.9. The van der Waals surface area contributed by atoms with Crippen molar-refractivity contribution in [2.24, 2.45) is 0 Å². The monoisotopic (exact) mass is 439 g/mol. The van der Waals surface area contributed by atoms with E-state index in [4.69, 9.17) is 16.2 Å². The van der Waals surface area contributed by atoms with Gasteiger partial charge in [0.15, 0.2) is 0 Å². The first-order valence-corrected chi connectivity index (χ1v) is 11.8. The zero-order valence-corrected chi connectivity index (χ0v) is 18.7. The zero-order valence-electron chi connectivity index (χ0n) is 17.9. The summed E-state index contributed by atoms with van der Waals surface area (Å²) >= 11 is 5.51. The Labute approximate surface area is 189 Å². The van der Waals surface area contributed by atoms with Gasteiger partial charge in [0.1, 0.15) is 17.6 Å². The van der Waals surface area contributed by atoms with E-state index in [0.29, 0.717) is 12.3 Å². The van der Waals surface area contributed by atoms with Crippen LogP contribution in [0.2, 0.25) is 0 Å². The highest BCUT2D eigenvalue weighted by atomic mass is 35.5. The van der Waals surface area contributed by atoms with Crippen LogP contribution in [0.25, 0.3) is 11.1 Å². The van der Waals surface area contributed by atoms with E-state index >= 15 is 0 Å². The Hall–Kier alpha value is -2.08. The molecule has 5 nitrogen and oxygen atoms in total. The van der Waals surface area contributed by atoms with Crippen molar-refractivity contribution in [1.29, 1.82) is 0 Å². The standard InChI is InChI=1S/C25H30ClN3O2/c26-31-24-6-1-3-19(16-24)20-7-8-22-17-27(10-9-21(22)15-20)18-25(30)29-13-11-28(12-14-29)23-4-2-5-23/h1,3,6-8,15-16,23H,2,4-5,9-14,17-18H2. The van der Waals surface area contributed by atoms with Gasteiger partial charge in [0.25, 0.3) is 0 Å². The fourth-order valence-electron chi connectivity index (χ4n) is 5.03. The van der Waals surface area contributed by atoms with Crippen molar-refractivity contribution in [3.05, 3.63) is 53.6 Å². The normalized spacial score (nSPS) is 20.2. The molecule has 164 valence electrons. The number of fused-ring (bicyclic) bond motifs is 1. The van der Waals surface area contributed by atoms with Gasteiger partial charge in [-0.2, -0.15) is 0 Å². The van der Waals surface area contributed by atoms with Gasteiger partial charge >= 0.3 is 0 Å². The van der Waals surface area contributed by atoms with E-state index in [2.05, 4.69) is 39.0 Å². The molecule has 0 aromatic heterocycles. The maximum Gasteiger partial charge on any atom is 0.236 e. The minimum Gasteiger partial charge on any atom is -0.386 e. The van der Waals surface area contributed by atoms with Crippen LogP contribution in [0.5, 0.6) is 5.75 Å². The Morgan fingerprint density at radius 3 is 2.52 bits per heavy atom. The van der Waals surface area contributed by atoms with Gasteiger partial charge in [0.2, 0.25) is 5.91 Å². The van der Waals surface area contributed by atoms with Crippen LogP contribution in [-0.2, 0) is 17.8 Å². The first-order valence-electron chi connectivity index (χ1n) is 11.4. The van der Waals surface area contributed by atoms with Gasteiger partial charge in [0, 0.05) is 45.3 Å². The van der Waals surface area contributed by atoms with E-state index in [1.54, 1.807) is 0 Å². The quantitative estimate of drug-likeness (QED) is 0.707. The third-order valence-corrected chi connectivity index (χ3v) is 7.35. The highest BCUT2D eigenvalue weighted by Gasteiger charge is 2.30. The number of carbonyl (C=O) groups is 1. The molecule has 3 aliphatic rings. The second-order valence-corrected chi connectivity index (χ2v) is 9.20. The van der Waals surface area contributed by atoms with Crippen molar-refractivity contribution in [3.63, 3.8) is 0 Å². The number of nitrogens with zero attached hydrogens (tertiary/aromatic N) is 3. The summed E-state index contributed by atoms with van der Waals surface area (Å²) in [5.41, 5.74) is 4.96. The summed E-state index contributed by atoms with van der Waals surface area (Å²) in [6, 6.07) is 15.2. The van der Waals surface area contributed by atoms with Crippen molar-refractivity contribution in [3.8, 4) is 16.9 Å². The Kier molecular flexibility index (Phi) is 6.17. The highest BCUT2D eigenvalue weighted by molar-refractivity contribution is 6.09. The molecule has 0 radical (unpaired) electrons. The van der Waals surface area contributed by atoms with E-state index in [0.717, 1.165) is 57.3 Å². The molecule has 0 bridgehead atoms. The SMILES string of the molecule is O=C(CN1CCc2cc(-c3cccc(OCl)c3)ccc2C1)N1CCN(C2CCC2)CC1. The molecular weight excluding hydrogens is 410 g/mol. The van der Waals surface area contributed by atoms with Crippen LogP contribution in [0.15, 0.2) is 42.5 Å². The molecule has 0 unspecified atom stereocenters. The molecular formula is C25H30ClN3O2. The molecule has 0 N–H and O–H groups in total. The largest absolute Gasteiger partial charge is 0.386 e. The fraction of sp³-hybridized carbons (Fsp3) is 0.480. The van der Waals surface area contributed by atoms with E-state index in [-0.39, 0.29) is 5.91 Å². The number of rotatable bonds is 5. The van der Waals surface area contributed by atoms with E-state index in [1.807, 2.05) is 18.2 Å². The average molecular weight is 440 g/mol. The van der Waals surface area contributed by atoms with Crippen LogP contribution in [-0.4, -0.2) is 65.9 Å². The molecule has 5 rings (SSSR count). The van der Waals surface area contributed by atoms with Gasteiger partial charge in [-0.3, -0.25) is 14.6 Å². The Bertz CT molecular complexity index is 938. The van der Waals surface area contributed by atoms with E-state index < -0.39 is 0 Å². The van der Waals surface area contributed by atoms with Crippen LogP contribution in [0.4, 0.5) is 0 Å². The molecule has 2 aliphatic heterocycles. The lowest BCUT2D eigenvalue weighted by atomic mass is 9.91. The minimum absolute atomic E-state index is 0.284. The molecule has 0 spiro atoms. The zero-order chi connectivity index (χ0) is 21.2. The van der Waals surface area contributed by atoms with Crippen molar-refractivity contribution in [1.82, 2.24) is 14.7 Å². The molecule has 2 heterocycles. The lowest BCUT2D eigenvalue weighted by molar-refractivity contribution is -0.135. The molecule has 6 heteroatoms. The van der Waals surface area contributed by atoms with Gasteiger partial charge in [-0.15, -0.1) is 0 Å². The number of carbonyl (C=O) groups excluding carboxylic acids is 1.